The fraction of sp³-hybridized carbons (Fsp3) is 0.0508. The van der Waals surface area contributed by atoms with Crippen LogP contribution in [0.1, 0.15) is 25.0 Å². The molecular formula is C59H40N4. The van der Waals surface area contributed by atoms with E-state index >= 15 is 0 Å². The monoisotopic (exact) mass is 804 g/mol. The van der Waals surface area contributed by atoms with Gasteiger partial charge in [0.05, 0.1) is 33.5 Å². The highest BCUT2D eigenvalue weighted by Crippen LogP contribution is 2.55. The molecule has 0 amide bonds. The highest BCUT2D eigenvalue weighted by Gasteiger charge is 2.39. The molecule has 0 saturated carbocycles. The zero-order chi connectivity index (χ0) is 41.8. The van der Waals surface area contributed by atoms with Crippen molar-refractivity contribution in [3.05, 3.63) is 217 Å². The zero-order valence-corrected chi connectivity index (χ0v) is 34.9. The molecule has 4 heteroatoms. The second kappa shape index (κ2) is 13.5. The molecule has 0 bridgehead atoms. The maximum absolute atomic E-state index is 5.46. The molecule has 13 rings (SSSR count). The standard InChI is InChI=1S/C59H40N4/c1-59(2)48-26-14-11-24-44(48)56-49(59)35-47(51-36-50(38-18-5-3-6-19-38)60-58(61-51)39-20-7-4-8-21-39)55-45-25-13-16-28-53(45)63(57(55)56)42-31-32-54-46(34-42)43-23-12-15-27-52(43)62(54)41-30-29-37-17-9-10-22-40(37)33-41/h3-36H,1-2H3. The zero-order valence-electron chi connectivity index (χ0n) is 34.9. The molecule has 1 aliphatic rings. The quantitative estimate of drug-likeness (QED) is 0.174. The van der Waals surface area contributed by atoms with Crippen molar-refractivity contribution >= 4 is 54.4 Å². The third kappa shape index (κ3) is 5.28. The molecule has 0 radical (unpaired) electrons. The minimum absolute atomic E-state index is 0.259. The fourth-order valence-electron chi connectivity index (χ4n) is 10.5. The Morgan fingerprint density at radius 2 is 1.00 bits per heavy atom. The normalized spacial score (nSPS) is 13.0. The van der Waals surface area contributed by atoms with Crippen LogP contribution in [-0.4, -0.2) is 19.1 Å². The Hall–Kier alpha value is -8.08. The lowest BCUT2D eigenvalue weighted by Crippen LogP contribution is -2.15. The maximum atomic E-state index is 5.46. The molecule has 9 aromatic carbocycles. The number of hydrogen-bond acceptors (Lipinski definition) is 2. The number of para-hydroxylation sites is 2. The van der Waals surface area contributed by atoms with Gasteiger partial charge in [0, 0.05) is 60.6 Å². The van der Waals surface area contributed by atoms with E-state index in [1.54, 1.807) is 0 Å². The summed E-state index contributed by atoms with van der Waals surface area (Å²) < 4.78 is 4.95. The minimum Gasteiger partial charge on any atom is -0.309 e. The molecule has 0 saturated heterocycles. The van der Waals surface area contributed by atoms with Crippen molar-refractivity contribution in [2.75, 3.05) is 0 Å². The predicted molar refractivity (Wildman–Crippen MR) is 262 cm³/mol. The largest absolute Gasteiger partial charge is 0.309 e. The summed E-state index contributed by atoms with van der Waals surface area (Å²) in [6.07, 6.45) is 0. The third-order valence-electron chi connectivity index (χ3n) is 13.5. The molecule has 296 valence electrons. The van der Waals surface area contributed by atoms with Crippen LogP contribution < -0.4 is 0 Å². The van der Waals surface area contributed by atoms with E-state index in [9.17, 15) is 0 Å². The summed E-state index contributed by atoms with van der Waals surface area (Å²) in [7, 11) is 0. The minimum atomic E-state index is -0.259. The Bertz CT molecular complexity index is 3760. The van der Waals surface area contributed by atoms with Gasteiger partial charge in [0.2, 0.25) is 0 Å². The third-order valence-corrected chi connectivity index (χ3v) is 13.5. The van der Waals surface area contributed by atoms with Gasteiger partial charge in [0.15, 0.2) is 5.82 Å². The van der Waals surface area contributed by atoms with E-state index in [0.29, 0.717) is 5.82 Å². The van der Waals surface area contributed by atoms with Crippen molar-refractivity contribution < 1.29 is 0 Å². The predicted octanol–water partition coefficient (Wildman–Crippen LogP) is 15.1. The number of benzene rings is 9. The van der Waals surface area contributed by atoms with E-state index in [2.05, 4.69) is 223 Å². The molecular weight excluding hydrogens is 765 g/mol. The van der Waals surface area contributed by atoms with E-state index in [4.69, 9.17) is 9.97 Å². The topological polar surface area (TPSA) is 35.6 Å². The number of hydrogen-bond donors (Lipinski definition) is 0. The maximum Gasteiger partial charge on any atom is 0.160 e. The summed E-state index contributed by atoms with van der Waals surface area (Å²) in [6, 6.07) is 74.7. The van der Waals surface area contributed by atoms with Crippen LogP contribution in [0.4, 0.5) is 0 Å². The molecule has 4 nitrogen and oxygen atoms in total. The number of fused-ring (bicyclic) bond motifs is 11. The van der Waals surface area contributed by atoms with E-state index < -0.39 is 0 Å². The Kier molecular flexibility index (Phi) is 7.62. The molecule has 63 heavy (non-hydrogen) atoms. The van der Waals surface area contributed by atoms with Crippen LogP contribution in [0.2, 0.25) is 0 Å². The molecule has 0 atom stereocenters. The first-order valence-electron chi connectivity index (χ1n) is 21.7. The fourth-order valence-corrected chi connectivity index (χ4v) is 10.5. The number of aromatic nitrogens is 4. The van der Waals surface area contributed by atoms with Gasteiger partial charge in [-0.2, -0.15) is 0 Å². The summed E-state index contributed by atoms with van der Waals surface area (Å²) in [4.78, 5) is 10.7. The first-order valence-corrected chi connectivity index (χ1v) is 21.7. The Morgan fingerprint density at radius 1 is 0.397 bits per heavy atom. The van der Waals surface area contributed by atoms with Crippen LogP contribution in [-0.2, 0) is 5.41 Å². The first kappa shape index (κ1) is 35.7. The lowest BCUT2D eigenvalue weighted by atomic mass is 9.81. The Balaban J connectivity index is 1.14. The highest BCUT2D eigenvalue weighted by atomic mass is 15.0. The summed E-state index contributed by atoms with van der Waals surface area (Å²) in [5.41, 5.74) is 16.9. The Labute approximate surface area is 365 Å². The molecule has 0 fully saturated rings. The van der Waals surface area contributed by atoms with Gasteiger partial charge in [-0.15, -0.1) is 0 Å². The number of rotatable bonds is 5. The van der Waals surface area contributed by atoms with Crippen LogP contribution in [0.25, 0.3) is 111 Å². The molecule has 0 unspecified atom stereocenters. The summed E-state index contributed by atoms with van der Waals surface area (Å²) in [5.74, 6) is 0.708. The summed E-state index contributed by atoms with van der Waals surface area (Å²) in [6.45, 7) is 4.75. The van der Waals surface area contributed by atoms with Crippen molar-refractivity contribution in [3.8, 4) is 56.4 Å². The van der Waals surface area contributed by atoms with E-state index in [-0.39, 0.29) is 5.41 Å². The molecule has 1 aliphatic carbocycles. The van der Waals surface area contributed by atoms with Gasteiger partial charge in [0.1, 0.15) is 0 Å². The number of nitrogens with zero attached hydrogens (tertiary/aromatic N) is 4. The lowest BCUT2D eigenvalue weighted by Gasteiger charge is -2.23. The molecule has 0 N–H and O–H groups in total. The smallest absolute Gasteiger partial charge is 0.160 e. The first-order chi connectivity index (χ1) is 31.0. The second-order valence-electron chi connectivity index (χ2n) is 17.4. The van der Waals surface area contributed by atoms with Crippen molar-refractivity contribution in [1.82, 2.24) is 19.1 Å². The van der Waals surface area contributed by atoms with Gasteiger partial charge in [-0.25, -0.2) is 9.97 Å². The second-order valence-corrected chi connectivity index (χ2v) is 17.4. The van der Waals surface area contributed by atoms with E-state index in [1.807, 2.05) is 6.07 Å². The van der Waals surface area contributed by atoms with Crippen LogP contribution >= 0.6 is 0 Å². The van der Waals surface area contributed by atoms with Gasteiger partial charge in [-0.05, 0) is 82.1 Å². The van der Waals surface area contributed by atoms with Gasteiger partial charge < -0.3 is 9.13 Å². The molecule has 0 spiro atoms. The van der Waals surface area contributed by atoms with Crippen LogP contribution in [0.5, 0.6) is 0 Å². The average molecular weight is 805 g/mol. The van der Waals surface area contributed by atoms with Crippen molar-refractivity contribution in [2.24, 2.45) is 0 Å². The van der Waals surface area contributed by atoms with Crippen LogP contribution in [0.3, 0.4) is 0 Å². The van der Waals surface area contributed by atoms with Crippen molar-refractivity contribution in [2.45, 2.75) is 19.3 Å². The van der Waals surface area contributed by atoms with Crippen LogP contribution in [0.15, 0.2) is 206 Å². The molecule has 12 aromatic rings. The summed E-state index contributed by atoms with van der Waals surface area (Å²) >= 11 is 0. The SMILES string of the molecule is CC1(C)c2ccccc2-c2c1cc(-c1cc(-c3ccccc3)nc(-c3ccccc3)n1)c1c3ccccc3n(-c3ccc4c(c3)c3ccccc3n4-c3ccc4ccccc4c3)c21. The average Bonchev–Trinajstić information content (AvgIpc) is 3.94. The highest BCUT2D eigenvalue weighted by molar-refractivity contribution is 6.21. The van der Waals surface area contributed by atoms with Crippen LogP contribution in [0, 0.1) is 0 Å². The van der Waals surface area contributed by atoms with E-state index in [1.165, 1.54) is 71.1 Å². The Morgan fingerprint density at radius 3 is 1.81 bits per heavy atom. The molecule has 3 heterocycles. The van der Waals surface area contributed by atoms with Crippen molar-refractivity contribution in [3.63, 3.8) is 0 Å². The van der Waals surface area contributed by atoms with Crippen molar-refractivity contribution in [1.29, 1.82) is 0 Å². The summed E-state index contributed by atoms with van der Waals surface area (Å²) in [5, 5.41) is 7.28. The van der Waals surface area contributed by atoms with Gasteiger partial charge in [-0.1, -0.05) is 166 Å². The molecule has 3 aromatic heterocycles. The van der Waals surface area contributed by atoms with Gasteiger partial charge >= 0.3 is 0 Å². The lowest BCUT2D eigenvalue weighted by molar-refractivity contribution is 0.661. The van der Waals surface area contributed by atoms with Gasteiger partial charge in [0.25, 0.3) is 0 Å². The van der Waals surface area contributed by atoms with Gasteiger partial charge in [-0.3, -0.25) is 0 Å². The molecule has 0 aliphatic heterocycles. The van der Waals surface area contributed by atoms with E-state index in [0.717, 1.165) is 45.0 Å².